The quantitative estimate of drug-likeness (QED) is 0.749. The molecule has 3 rings (SSSR count). The fraction of sp³-hybridized carbons (Fsp3) is 0.0769. The van der Waals surface area contributed by atoms with Gasteiger partial charge in [0.25, 0.3) is 0 Å². The standard InChI is InChI=1S/C13H10FN3O/c1-8-2-4-10(7-15-8)16-13-11-5-3-9(14)6-12(11)18-17-13/h2-7H,1H3,(H,16,17). The maximum atomic E-state index is 13.0. The van der Waals surface area contributed by atoms with Crippen molar-refractivity contribution in [2.24, 2.45) is 0 Å². The lowest BCUT2D eigenvalue weighted by molar-refractivity contribution is 0.458. The van der Waals surface area contributed by atoms with Crippen molar-refractivity contribution in [3.8, 4) is 0 Å². The van der Waals surface area contributed by atoms with Crippen LogP contribution in [0.15, 0.2) is 41.1 Å². The SMILES string of the molecule is Cc1ccc(Nc2noc3cc(F)ccc23)cn1. The normalized spacial score (nSPS) is 10.8. The molecule has 18 heavy (non-hydrogen) atoms. The molecule has 0 spiro atoms. The van der Waals surface area contributed by atoms with Crippen LogP contribution in [0.1, 0.15) is 5.69 Å². The van der Waals surface area contributed by atoms with E-state index in [1.54, 1.807) is 12.3 Å². The molecule has 0 amide bonds. The molecule has 1 N–H and O–H groups in total. The van der Waals surface area contributed by atoms with E-state index in [1.807, 2.05) is 19.1 Å². The average molecular weight is 243 g/mol. The molecular formula is C13H10FN3O. The van der Waals surface area contributed by atoms with Crippen LogP contribution in [-0.2, 0) is 0 Å². The number of aromatic nitrogens is 2. The van der Waals surface area contributed by atoms with Crippen LogP contribution < -0.4 is 5.32 Å². The van der Waals surface area contributed by atoms with Crippen LogP contribution >= 0.6 is 0 Å². The van der Waals surface area contributed by atoms with Gasteiger partial charge in [0.05, 0.1) is 17.3 Å². The average Bonchev–Trinajstić information content (AvgIpc) is 2.74. The van der Waals surface area contributed by atoms with Crippen LogP contribution in [0.25, 0.3) is 11.0 Å². The summed E-state index contributed by atoms with van der Waals surface area (Å²) in [4.78, 5) is 4.17. The van der Waals surface area contributed by atoms with Gasteiger partial charge in [-0.05, 0) is 31.2 Å². The number of nitrogens with zero attached hydrogens (tertiary/aromatic N) is 2. The molecule has 0 fully saturated rings. The maximum absolute atomic E-state index is 13.0. The van der Waals surface area contributed by atoms with Crippen LogP contribution in [0, 0.1) is 12.7 Å². The predicted molar refractivity (Wildman–Crippen MR) is 66.2 cm³/mol. The molecule has 0 aliphatic carbocycles. The highest BCUT2D eigenvalue weighted by molar-refractivity contribution is 5.89. The Bertz CT molecular complexity index is 691. The third kappa shape index (κ3) is 1.90. The fourth-order valence-electron chi connectivity index (χ4n) is 1.68. The summed E-state index contributed by atoms with van der Waals surface area (Å²) < 4.78 is 18.1. The number of benzene rings is 1. The fourth-order valence-corrected chi connectivity index (χ4v) is 1.68. The first-order chi connectivity index (χ1) is 8.72. The zero-order valence-corrected chi connectivity index (χ0v) is 9.64. The summed E-state index contributed by atoms with van der Waals surface area (Å²) in [5.74, 6) is 0.206. The Morgan fingerprint density at radius 1 is 1.22 bits per heavy atom. The molecule has 0 atom stereocenters. The zero-order valence-electron chi connectivity index (χ0n) is 9.64. The Balaban J connectivity index is 1.97. The summed E-state index contributed by atoms with van der Waals surface area (Å²) in [6, 6.07) is 8.10. The number of anilines is 2. The number of hydrogen-bond acceptors (Lipinski definition) is 4. The third-order valence-electron chi connectivity index (χ3n) is 2.61. The molecular weight excluding hydrogens is 233 g/mol. The van der Waals surface area contributed by atoms with E-state index in [9.17, 15) is 4.39 Å². The topological polar surface area (TPSA) is 51.0 Å². The van der Waals surface area contributed by atoms with Crippen molar-refractivity contribution in [3.63, 3.8) is 0 Å². The van der Waals surface area contributed by atoms with E-state index in [4.69, 9.17) is 4.52 Å². The molecule has 4 nitrogen and oxygen atoms in total. The lowest BCUT2D eigenvalue weighted by atomic mass is 10.2. The second kappa shape index (κ2) is 4.10. The van der Waals surface area contributed by atoms with Crippen molar-refractivity contribution in [1.82, 2.24) is 10.1 Å². The number of rotatable bonds is 2. The Kier molecular flexibility index (Phi) is 2.44. The number of nitrogens with one attached hydrogen (secondary N) is 1. The van der Waals surface area contributed by atoms with Crippen molar-refractivity contribution in [3.05, 3.63) is 48.0 Å². The molecule has 1 aromatic carbocycles. The minimum absolute atomic E-state index is 0.345. The second-order valence-electron chi connectivity index (χ2n) is 3.98. The largest absolute Gasteiger partial charge is 0.354 e. The smallest absolute Gasteiger partial charge is 0.181 e. The van der Waals surface area contributed by atoms with E-state index in [1.165, 1.54) is 12.1 Å². The highest BCUT2D eigenvalue weighted by Gasteiger charge is 2.09. The van der Waals surface area contributed by atoms with Gasteiger partial charge in [0.1, 0.15) is 5.82 Å². The Labute approximate surface area is 102 Å². The first kappa shape index (κ1) is 10.7. The summed E-state index contributed by atoms with van der Waals surface area (Å²) in [6.45, 7) is 1.91. The molecule has 2 aromatic heterocycles. The zero-order chi connectivity index (χ0) is 12.5. The van der Waals surface area contributed by atoms with Crippen LogP contribution in [-0.4, -0.2) is 10.1 Å². The van der Waals surface area contributed by atoms with Crippen molar-refractivity contribution in [1.29, 1.82) is 0 Å². The minimum Gasteiger partial charge on any atom is -0.354 e. The van der Waals surface area contributed by atoms with E-state index in [-0.39, 0.29) is 5.82 Å². The van der Waals surface area contributed by atoms with E-state index in [0.29, 0.717) is 11.4 Å². The molecule has 0 bridgehead atoms. The van der Waals surface area contributed by atoms with E-state index < -0.39 is 0 Å². The highest BCUT2D eigenvalue weighted by Crippen LogP contribution is 2.25. The lowest BCUT2D eigenvalue weighted by Crippen LogP contribution is -1.92. The molecule has 0 aliphatic rings. The van der Waals surface area contributed by atoms with Gasteiger partial charge in [-0.15, -0.1) is 0 Å². The van der Waals surface area contributed by atoms with Gasteiger partial charge in [0.2, 0.25) is 0 Å². The van der Waals surface area contributed by atoms with Gasteiger partial charge in [0, 0.05) is 11.8 Å². The summed E-state index contributed by atoms with van der Waals surface area (Å²) in [7, 11) is 0. The van der Waals surface area contributed by atoms with Gasteiger partial charge in [-0.1, -0.05) is 5.16 Å². The van der Waals surface area contributed by atoms with Crippen LogP contribution in [0.5, 0.6) is 0 Å². The van der Waals surface area contributed by atoms with E-state index in [0.717, 1.165) is 16.8 Å². The maximum Gasteiger partial charge on any atom is 0.181 e. The summed E-state index contributed by atoms with van der Waals surface area (Å²) >= 11 is 0. The highest BCUT2D eigenvalue weighted by atomic mass is 19.1. The van der Waals surface area contributed by atoms with Crippen LogP contribution in [0.2, 0.25) is 0 Å². The van der Waals surface area contributed by atoms with Gasteiger partial charge >= 0.3 is 0 Å². The van der Waals surface area contributed by atoms with Crippen molar-refractivity contribution >= 4 is 22.5 Å². The molecule has 3 aromatic rings. The number of aryl methyl sites for hydroxylation is 1. The molecule has 5 heteroatoms. The lowest BCUT2D eigenvalue weighted by Gasteiger charge is -2.02. The molecule has 0 saturated heterocycles. The Hall–Kier alpha value is -2.43. The van der Waals surface area contributed by atoms with Crippen LogP contribution in [0.3, 0.4) is 0 Å². The van der Waals surface area contributed by atoms with Gasteiger partial charge < -0.3 is 9.84 Å². The van der Waals surface area contributed by atoms with Crippen LogP contribution in [0.4, 0.5) is 15.9 Å². The van der Waals surface area contributed by atoms with Gasteiger partial charge in [-0.2, -0.15) is 0 Å². The predicted octanol–water partition coefficient (Wildman–Crippen LogP) is 3.41. The van der Waals surface area contributed by atoms with Gasteiger partial charge in [0.15, 0.2) is 11.4 Å². The molecule has 0 aliphatic heterocycles. The first-order valence-corrected chi connectivity index (χ1v) is 5.47. The number of pyridine rings is 1. The molecule has 0 radical (unpaired) electrons. The molecule has 90 valence electrons. The van der Waals surface area contributed by atoms with Gasteiger partial charge in [-0.25, -0.2) is 4.39 Å². The molecule has 0 unspecified atom stereocenters. The van der Waals surface area contributed by atoms with Crippen molar-refractivity contribution in [2.75, 3.05) is 5.32 Å². The first-order valence-electron chi connectivity index (χ1n) is 5.47. The third-order valence-corrected chi connectivity index (χ3v) is 2.61. The molecule has 2 heterocycles. The number of halogens is 1. The van der Waals surface area contributed by atoms with Gasteiger partial charge in [-0.3, -0.25) is 4.98 Å². The monoisotopic (exact) mass is 243 g/mol. The summed E-state index contributed by atoms with van der Waals surface area (Å²) in [5.41, 5.74) is 2.16. The number of fused-ring (bicyclic) bond motifs is 1. The Morgan fingerprint density at radius 3 is 2.89 bits per heavy atom. The Morgan fingerprint density at radius 2 is 2.11 bits per heavy atom. The van der Waals surface area contributed by atoms with Crippen molar-refractivity contribution in [2.45, 2.75) is 6.92 Å². The number of hydrogen-bond donors (Lipinski definition) is 1. The van der Waals surface area contributed by atoms with Crippen molar-refractivity contribution < 1.29 is 8.91 Å². The summed E-state index contributed by atoms with van der Waals surface area (Å²) in [6.07, 6.45) is 1.71. The minimum atomic E-state index is -0.345. The molecule has 0 saturated carbocycles. The second-order valence-corrected chi connectivity index (χ2v) is 3.98. The summed E-state index contributed by atoms with van der Waals surface area (Å²) in [5, 5.41) is 7.69. The van der Waals surface area contributed by atoms with E-state index >= 15 is 0 Å². The van der Waals surface area contributed by atoms with E-state index in [2.05, 4.69) is 15.5 Å².